The number of halogens is 1. The summed E-state index contributed by atoms with van der Waals surface area (Å²) in [6, 6.07) is 14.9. The summed E-state index contributed by atoms with van der Waals surface area (Å²) in [4.78, 5) is 12.3. The third kappa shape index (κ3) is 2.04. The first kappa shape index (κ1) is 12.0. The molecule has 94 valence electrons. The van der Waals surface area contributed by atoms with Gasteiger partial charge in [-0.25, -0.2) is 0 Å². The number of benzene rings is 2. The summed E-state index contributed by atoms with van der Waals surface area (Å²) in [5.41, 5.74) is 2.17. The van der Waals surface area contributed by atoms with Gasteiger partial charge < -0.3 is 4.42 Å². The number of hydrogen-bond acceptors (Lipinski definition) is 2. The van der Waals surface area contributed by atoms with Crippen LogP contribution in [0.4, 0.5) is 0 Å². The van der Waals surface area contributed by atoms with Gasteiger partial charge in [-0.15, -0.1) is 0 Å². The number of fused-ring (bicyclic) bond motifs is 1. The molecule has 1 heterocycles. The van der Waals surface area contributed by atoms with Crippen LogP contribution in [0.5, 0.6) is 0 Å². The fraction of sp³-hybridized carbons (Fsp3) is 0.0625. The molecular weight excluding hydrogens is 260 g/mol. The van der Waals surface area contributed by atoms with Crippen LogP contribution in [0, 0.1) is 6.92 Å². The van der Waals surface area contributed by atoms with Crippen LogP contribution >= 0.6 is 11.6 Å². The molecule has 0 atom stereocenters. The molecule has 0 unspecified atom stereocenters. The first-order valence-electron chi connectivity index (χ1n) is 5.95. The number of rotatable bonds is 1. The van der Waals surface area contributed by atoms with Gasteiger partial charge in [-0.2, -0.15) is 0 Å². The van der Waals surface area contributed by atoms with E-state index in [1.165, 1.54) is 0 Å². The Morgan fingerprint density at radius 1 is 1.05 bits per heavy atom. The molecule has 3 aromatic rings. The maximum Gasteiger partial charge on any atom is 0.211 e. The summed E-state index contributed by atoms with van der Waals surface area (Å²) in [6.07, 6.45) is 0. The molecule has 3 heteroatoms. The van der Waals surface area contributed by atoms with Gasteiger partial charge in [0.25, 0.3) is 0 Å². The molecule has 0 bridgehead atoms. The van der Waals surface area contributed by atoms with E-state index < -0.39 is 0 Å². The highest BCUT2D eigenvalue weighted by Gasteiger charge is 2.13. The largest absolute Gasteiger partial charge is 0.454 e. The zero-order chi connectivity index (χ0) is 13.4. The van der Waals surface area contributed by atoms with Crippen LogP contribution in [0.25, 0.3) is 22.3 Å². The van der Waals surface area contributed by atoms with Crippen molar-refractivity contribution in [3.8, 4) is 11.3 Å². The third-order valence-corrected chi connectivity index (χ3v) is 3.37. The average Bonchev–Trinajstić information content (AvgIpc) is 2.44. The Balaban J connectivity index is 2.37. The first-order chi connectivity index (χ1) is 9.16. The summed E-state index contributed by atoms with van der Waals surface area (Å²) in [5, 5.41) is 0.647. The van der Waals surface area contributed by atoms with Gasteiger partial charge in [0, 0.05) is 5.56 Å². The van der Waals surface area contributed by atoms with Gasteiger partial charge in [0.15, 0.2) is 5.76 Å². The van der Waals surface area contributed by atoms with Crippen molar-refractivity contribution < 1.29 is 4.42 Å². The summed E-state index contributed by atoms with van der Waals surface area (Å²) in [6.45, 7) is 1.93. The van der Waals surface area contributed by atoms with Crippen molar-refractivity contribution in [1.29, 1.82) is 0 Å². The Labute approximate surface area is 115 Å². The van der Waals surface area contributed by atoms with Crippen molar-refractivity contribution in [2.45, 2.75) is 6.92 Å². The van der Waals surface area contributed by atoms with Crippen LogP contribution in [0.15, 0.2) is 57.7 Å². The summed E-state index contributed by atoms with van der Waals surface area (Å²) in [7, 11) is 0. The lowest BCUT2D eigenvalue weighted by molar-refractivity contribution is 0.619. The van der Waals surface area contributed by atoms with Gasteiger partial charge >= 0.3 is 0 Å². The quantitative estimate of drug-likeness (QED) is 0.655. The van der Waals surface area contributed by atoms with E-state index in [0.717, 1.165) is 11.1 Å². The van der Waals surface area contributed by atoms with E-state index in [1.807, 2.05) is 43.3 Å². The van der Waals surface area contributed by atoms with Gasteiger partial charge in [0.05, 0.1) is 5.39 Å². The summed E-state index contributed by atoms with van der Waals surface area (Å²) in [5.74, 6) is 0.420. The Bertz CT molecular complexity index is 804. The van der Waals surface area contributed by atoms with E-state index >= 15 is 0 Å². The van der Waals surface area contributed by atoms with Gasteiger partial charge in [0.1, 0.15) is 10.6 Å². The van der Waals surface area contributed by atoms with Crippen molar-refractivity contribution in [3.63, 3.8) is 0 Å². The van der Waals surface area contributed by atoms with E-state index in [2.05, 4.69) is 0 Å². The highest BCUT2D eigenvalue weighted by atomic mass is 35.5. The molecule has 0 aliphatic carbocycles. The van der Waals surface area contributed by atoms with Crippen LogP contribution in [0.1, 0.15) is 5.56 Å². The van der Waals surface area contributed by atoms with Crippen LogP contribution < -0.4 is 5.43 Å². The SMILES string of the molecule is Cc1ccc2oc(-c3ccccc3)c(Cl)c(=O)c2c1. The van der Waals surface area contributed by atoms with Crippen LogP contribution in [0.2, 0.25) is 5.02 Å². The van der Waals surface area contributed by atoms with E-state index in [4.69, 9.17) is 16.0 Å². The highest BCUT2D eigenvalue weighted by molar-refractivity contribution is 6.33. The molecule has 19 heavy (non-hydrogen) atoms. The molecule has 3 rings (SSSR count). The lowest BCUT2D eigenvalue weighted by Gasteiger charge is -2.06. The van der Waals surface area contributed by atoms with Crippen molar-refractivity contribution in [3.05, 3.63) is 69.3 Å². The summed E-state index contributed by atoms with van der Waals surface area (Å²) < 4.78 is 5.78. The Morgan fingerprint density at radius 3 is 2.53 bits per heavy atom. The minimum Gasteiger partial charge on any atom is -0.454 e. The molecule has 0 N–H and O–H groups in total. The zero-order valence-electron chi connectivity index (χ0n) is 10.3. The molecule has 2 aromatic carbocycles. The van der Waals surface area contributed by atoms with Crippen LogP contribution in [-0.2, 0) is 0 Å². The maximum atomic E-state index is 12.3. The van der Waals surface area contributed by atoms with Gasteiger partial charge in [-0.05, 0) is 19.1 Å². The van der Waals surface area contributed by atoms with Crippen molar-refractivity contribution in [1.82, 2.24) is 0 Å². The van der Waals surface area contributed by atoms with E-state index in [1.54, 1.807) is 12.1 Å². The van der Waals surface area contributed by atoms with E-state index in [-0.39, 0.29) is 10.5 Å². The first-order valence-corrected chi connectivity index (χ1v) is 6.33. The fourth-order valence-electron chi connectivity index (χ4n) is 2.06. The molecule has 2 nitrogen and oxygen atoms in total. The molecule has 0 saturated carbocycles. The molecule has 0 amide bonds. The molecule has 1 aromatic heterocycles. The average molecular weight is 271 g/mol. The Kier molecular flexibility index (Phi) is 2.88. The standard InChI is InChI=1S/C16H11ClO2/c1-10-7-8-13-12(9-10)15(18)14(17)16(19-13)11-5-3-2-4-6-11/h2-9H,1H3. The van der Waals surface area contributed by atoms with Crippen LogP contribution in [0.3, 0.4) is 0 Å². The van der Waals surface area contributed by atoms with Gasteiger partial charge in [-0.1, -0.05) is 53.6 Å². The minimum atomic E-state index is -0.189. The lowest BCUT2D eigenvalue weighted by Crippen LogP contribution is -2.04. The number of hydrogen-bond donors (Lipinski definition) is 0. The van der Waals surface area contributed by atoms with E-state index in [0.29, 0.717) is 16.7 Å². The smallest absolute Gasteiger partial charge is 0.211 e. The second kappa shape index (κ2) is 4.56. The second-order valence-electron chi connectivity index (χ2n) is 4.44. The minimum absolute atomic E-state index is 0.129. The van der Waals surface area contributed by atoms with Crippen molar-refractivity contribution in [2.24, 2.45) is 0 Å². The van der Waals surface area contributed by atoms with Gasteiger partial charge in [0.2, 0.25) is 5.43 Å². The van der Waals surface area contributed by atoms with Crippen molar-refractivity contribution >= 4 is 22.6 Å². The molecule has 0 spiro atoms. The maximum absolute atomic E-state index is 12.3. The number of aryl methyl sites for hydroxylation is 1. The monoisotopic (exact) mass is 270 g/mol. The lowest BCUT2D eigenvalue weighted by atomic mass is 10.1. The molecule has 0 fully saturated rings. The van der Waals surface area contributed by atoms with Crippen LogP contribution in [-0.4, -0.2) is 0 Å². The normalized spacial score (nSPS) is 10.8. The predicted octanol–water partition coefficient (Wildman–Crippen LogP) is 4.42. The predicted molar refractivity (Wildman–Crippen MR) is 77.7 cm³/mol. The molecule has 0 aliphatic rings. The van der Waals surface area contributed by atoms with Crippen molar-refractivity contribution in [2.75, 3.05) is 0 Å². The highest BCUT2D eigenvalue weighted by Crippen LogP contribution is 2.28. The van der Waals surface area contributed by atoms with Gasteiger partial charge in [-0.3, -0.25) is 4.79 Å². The summed E-state index contributed by atoms with van der Waals surface area (Å²) >= 11 is 6.15. The molecule has 0 aliphatic heterocycles. The molecule has 0 saturated heterocycles. The molecule has 0 radical (unpaired) electrons. The third-order valence-electron chi connectivity index (χ3n) is 3.03. The Hall–Kier alpha value is -2.06. The topological polar surface area (TPSA) is 30.2 Å². The Morgan fingerprint density at radius 2 is 1.79 bits per heavy atom. The zero-order valence-corrected chi connectivity index (χ0v) is 11.1. The van der Waals surface area contributed by atoms with E-state index in [9.17, 15) is 4.79 Å². The second-order valence-corrected chi connectivity index (χ2v) is 4.82. The fourth-order valence-corrected chi connectivity index (χ4v) is 2.31. The molecular formula is C16H11ClO2.